The Morgan fingerprint density at radius 3 is 2.31 bits per heavy atom. The lowest BCUT2D eigenvalue weighted by Gasteiger charge is -2.32. The molecule has 0 spiro atoms. The van der Waals surface area contributed by atoms with Gasteiger partial charge in [0.25, 0.3) is 11.8 Å². The van der Waals surface area contributed by atoms with Crippen LogP contribution in [0.1, 0.15) is 33.6 Å². The van der Waals surface area contributed by atoms with Gasteiger partial charge < -0.3 is 15.3 Å². The van der Waals surface area contributed by atoms with Gasteiger partial charge in [-0.05, 0) is 43.2 Å². The molecule has 134 valence electrons. The highest BCUT2D eigenvalue weighted by Crippen LogP contribution is 2.27. The largest absolute Gasteiger partial charge is 0.481 e. The third kappa shape index (κ3) is 3.74. The van der Waals surface area contributed by atoms with E-state index in [2.05, 4.69) is 5.32 Å². The second-order valence-corrected chi connectivity index (χ2v) is 6.46. The fourth-order valence-electron chi connectivity index (χ4n) is 2.96. The van der Waals surface area contributed by atoms with Crippen LogP contribution in [0.5, 0.6) is 0 Å². The number of amides is 2. The lowest BCUT2D eigenvalue weighted by atomic mass is 9.80. The van der Waals surface area contributed by atoms with E-state index in [4.69, 9.17) is 5.11 Å². The molecule has 0 bridgehead atoms. The van der Waals surface area contributed by atoms with Crippen LogP contribution >= 0.6 is 0 Å². The normalized spacial score (nSPS) is 18.5. The number of nitrogens with one attached hydrogen (secondary N) is 1. The van der Waals surface area contributed by atoms with Gasteiger partial charge in [-0.2, -0.15) is 0 Å². The number of hydrogen-bond acceptors (Lipinski definition) is 3. The van der Waals surface area contributed by atoms with Crippen molar-refractivity contribution in [2.24, 2.45) is 5.92 Å². The molecule has 1 saturated carbocycles. The molecule has 0 aromatic heterocycles. The number of benzene rings is 2. The molecule has 0 radical (unpaired) electrons. The minimum atomic E-state index is -0.827. The predicted octanol–water partition coefficient (Wildman–Crippen LogP) is 2.56. The van der Waals surface area contributed by atoms with E-state index in [-0.39, 0.29) is 23.8 Å². The fraction of sp³-hybridized carbons (Fsp3) is 0.250. The van der Waals surface area contributed by atoms with Crippen LogP contribution in [-0.2, 0) is 4.79 Å². The second kappa shape index (κ2) is 7.39. The predicted molar refractivity (Wildman–Crippen MR) is 97.2 cm³/mol. The van der Waals surface area contributed by atoms with Gasteiger partial charge in [-0.15, -0.1) is 0 Å². The number of carbonyl (C=O) groups excluding carboxylic acids is 2. The van der Waals surface area contributed by atoms with Gasteiger partial charge >= 0.3 is 5.97 Å². The number of anilines is 1. The highest BCUT2D eigenvalue weighted by molar-refractivity contribution is 6.07. The molecule has 0 atom stereocenters. The summed E-state index contributed by atoms with van der Waals surface area (Å²) in [6.07, 6.45) is 0.882. The van der Waals surface area contributed by atoms with Crippen molar-refractivity contribution in [1.29, 1.82) is 0 Å². The Balaban J connectivity index is 1.67. The molecule has 2 N–H and O–H groups in total. The van der Waals surface area contributed by atoms with Crippen molar-refractivity contribution in [1.82, 2.24) is 5.32 Å². The molecule has 0 unspecified atom stereocenters. The maximum Gasteiger partial charge on any atom is 0.306 e. The molecule has 0 saturated heterocycles. The highest BCUT2D eigenvalue weighted by atomic mass is 16.4. The topological polar surface area (TPSA) is 86.7 Å². The molecule has 1 aliphatic carbocycles. The number of carboxylic acids is 1. The van der Waals surface area contributed by atoms with Gasteiger partial charge in [-0.1, -0.05) is 24.3 Å². The summed E-state index contributed by atoms with van der Waals surface area (Å²) in [5.74, 6) is -1.71. The van der Waals surface area contributed by atoms with Crippen LogP contribution in [0.25, 0.3) is 0 Å². The molecule has 6 heteroatoms. The van der Waals surface area contributed by atoms with Gasteiger partial charge in [0.15, 0.2) is 0 Å². The first kappa shape index (κ1) is 17.7. The number of rotatable bonds is 5. The van der Waals surface area contributed by atoms with Crippen molar-refractivity contribution in [3.05, 3.63) is 65.7 Å². The van der Waals surface area contributed by atoms with Crippen molar-refractivity contribution in [3.63, 3.8) is 0 Å². The Morgan fingerprint density at radius 2 is 1.65 bits per heavy atom. The summed E-state index contributed by atoms with van der Waals surface area (Å²) >= 11 is 0. The van der Waals surface area contributed by atoms with Crippen LogP contribution in [0, 0.1) is 5.92 Å². The lowest BCUT2D eigenvalue weighted by molar-refractivity contribution is -0.145. The first-order valence-electron chi connectivity index (χ1n) is 8.42. The Labute approximate surface area is 151 Å². The Kier molecular flexibility index (Phi) is 5.02. The van der Waals surface area contributed by atoms with Crippen LogP contribution in [-0.4, -0.2) is 36.0 Å². The average molecular weight is 352 g/mol. The van der Waals surface area contributed by atoms with E-state index < -0.39 is 5.97 Å². The number of para-hydroxylation sites is 1. The Hall–Kier alpha value is -3.15. The first-order chi connectivity index (χ1) is 12.5. The summed E-state index contributed by atoms with van der Waals surface area (Å²) in [5.41, 5.74) is 1.57. The van der Waals surface area contributed by atoms with Gasteiger partial charge in [0.1, 0.15) is 0 Å². The van der Waals surface area contributed by atoms with Crippen LogP contribution in [0.4, 0.5) is 5.69 Å². The van der Waals surface area contributed by atoms with Gasteiger partial charge in [-0.25, -0.2) is 0 Å². The molecule has 6 nitrogen and oxygen atoms in total. The zero-order valence-corrected chi connectivity index (χ0v) is 14.4. The molecular formula is C20H20N2O4. The number of carbonyl (C=O) groups is 3. The molecular weight excluding hydrogens is 332 g/mol. The standard InChI is InChI=1S/C20H20N2O4/c1-22(17-8-3-2-4-9-17)19(24)14-7-5-6-13(10-14)18(23)21-16-11-15(12-16)20(25)26/h2-10,15-16H,11-12H2,1H3,(H,21,23)(H,25,26). The SMILES string of the molecule is CN(C(=O)c1cccc(C(=O)NC2CC(C(=O)O)C2)c1)c1ccccc1. The van der Waals surface area contributed by atoms with Crippen molar-refractivity contribution < 1.29 is 19.5 Å². The van der Waals surface area contributed by atoms with Gasteiger partial charge in [-0.3, -0.25) is 14.4 Å². The smallest absolute Gasteiger partial charge is 0.306 e. The van der Waals surface area contributed by atoms with Crippen LogP contribution in [0.2, 0.25) is 0 Å². The van der Waals surface area contributed by atoms with Crippen molar-refractivity contribution >= 4 is 23.5 Å². The molecule has 2 aromatic rings. The molecule has 2 amide bonds. The second-order valence-electron chi connectivity index (χ2n) is 6.46. The highest BCUT2D eigenvalue weighted by Gasteiger charge is 2.35. The molecule has 0 heterocycles. The van der Waals surface area contributed by atoms with Crippen molar-refractivity contribution in [3.8, 4) is 0 Å². The minimum Gasteiger partial charge on any atom is -0.481 e. The Morgan fingerprint density at radius 1 is 1.00 bits per heavy atom. The molecule has 3 rings (SSSR count). The number of carboxylic acid groups (broad SMARTS) is 1. The zero-order valence-electron chi connectivity index (χ0n) is 14.4. The summed E-state index contributed by atoms with van der Waals surface area (Å²) in [6.45, 7) is 0. The van der Waals surface area contributed by atoms with Crippen LogP contribution < -0.4 is 10.2 Å². The van der Waals surface area contributed by atoms with Gasteiger partial charge in [0.2, 0.25) is 0 Å². The van der Waals surface area contributed by atoms with Gasteiger partial charge in [0.05, 0.1) is 5.92 Å². The molecule has 2 aromatic carbocycles. The van der Waals surface area contributed by atoms with Crippen LogP contribution in [0.15, 0.2) is 54.6 Å². The van der Waals surface area contributed by atoms with Crippen molar-refractivity contribution in [2.45, 2.75) is 18.9 Å². The van der Waals surface area contributed by atoms with Gasteiger partial charge in [0, 0.05) is 29.9 Å². The number of hydrogen-bond donors (Lipinski definition) is 2. The van der Waals surface area contributed by atoms with E-state index in [0.29, 0.717) is 24.0 Å². The number of nitrogens with zero attached hydrogens (tertiary/aromatic N) is 1. The van der Waals surface area contributed by atoms with E-state index in [1.807, 2.05) is 30.3 Å². The third-order valence-corrected chi connectivity index (χ3v) is 4.64. The summed E-state index contributed by atoms with van der Waals surface area (Å²) < 4.78 is 0. The quantitative estimate of drug-likeness (QED) is 0.866. The minimum absolute atomic E-state index is 0.130. The van der Waals surface area contributed by atoms with E-state index in [9.17, 15) is 14.4 Å². The Bertz CT molecular complexity index is 829. The van der Waals surface area contributed by atoms with E-state index in [1.54, 1.807) is 31.3 Å². The summed E-state index contributed by atoms with van der Waals surface area (Å²) in [7, 11) is 1.69. The maximum absolute atomic E-state index is 12.7. The van der Waals surface area contributed by atoms with Crippen LogP contribution in [0.3, 0.4) is 0 Å². The van der Waals surface area contributed by atoms with E-state index in [0.717, 1.165) is 5.69 Å². The zero-order chi connectivity index (χ0) is 18.7. The molecule has 0 aliphatic heterocycles. The number of aliphatic carboxylic acids is 1. The average Bonchev–Trinajstić information content (AvgIpc) is 2.63. The van der Waals surface area contributed by atoms with E-state index >= 15 is 0 Å². The molecule has 1 fully saturated rings. The summed E-state index contributed by atoms with van der Waals surface area (Å²) in [4.78, 5) is 37.4. The fourth-order valence-corrected chi connectivity index (χ4v) is 2.96. The monoisotopic (exact) mass is 352 g/mol. The first-order valence-corrected chi connectivity index (χ1v) is 8.42. The third-order valence-electron chi connectivity index (χ3n) is 4.64. The molecule has 1 aliphatic rings. The summed E-state index contributed by atoms with van der Waals surface area (Å²) in [6, 6.07) is 15.7. The maximum atomic E-state index is 12.7. The molecule has 26 heavy (non-hydrogen) atoms. The van der Waals surface area contributed by atoms with E-state index in [1.165, 1.54) is 4.90 Å². The summed E-state index contributed by atoms with van der Waals surface area (Å²) in [5, 5.41) is 11.7. The lowest BCUT2D eigenvalue weighted by Crippen LogP contribution is -2.46. The van der Waals surface area contributed by atoms with Crippen molar-refractivity contribution in [2.75, 3.05) is 11.9 Å².